The van der Waals surface area contributed by atoms with Crippen LogP contribution in [-0.2, 0) is 11.2 Å². The lowest BCUT2D eigenvalue weighted by Crippen LogP contribution is -2.41. The number of benzene rings is 1. The van der Waals surface area contributed by atoms with Gasteiger partial charge in [0.2, 0.25) is 0 Å². The van der Waals surface area contributed by atoms with Crippen molar-refractivity contribution in [1.82, 2.24) is 5.32 Å². The molecule has 0 amide bonds. The Morgan fingerprint density at radius 1 is 1.41 bits per heavy atom. The van der Waals surface area contributed by atoms with Crippen molar-refractivity contribution in [3.8, 4) is 0 Å². The van der Waals surface area contributed by atoms with Gasteiger partial charge in [-0.3, -0.25) is 0 Å². The number of rotatable bonds is 6. The van der Waals surface area contributed by atoms with Crippen molar-refractivity contribution in [3.05, 3.63) is 34.1 Å². The van der Waals surface area contributed by atoms with Crippen LogP contribution in [0.4, 0.5) is 4.39 Å². The number of hydrogen-bond acceptors (Lipinski definition) is 2. The molecule has 0 saturated heterocycles. The quantitative estimate of drug-likeness (QED) is 0.872. The van der Waals surface area contributed by atoms with Crippen molar-refractivity contribution in [1.29, 1.82) is 0 Å². The average molecular weight is 304 g/mol. The first kappa shape index (κ1) is 14.6. The maximum absolute atomic E-state index is 13.3. The maximum atomic E-state index is 13.3. The van der Waals surface area contributed by atoms with E-state index in [1.54, 1.807) is 13.2 Å². The zero-order valence-corrected chi connectivity index (χ0v) is 12.1. The van der Waals surface area contributed by atoms with Crippen LogP contribution in [0, 0.1) is 5.82 Å². The highest BCUT2D eigenvalue weighted by atomic mass is 79.9. The molecule has 0 aliphatic heterocycles. The zero-order chi connectivity index (χ0) is 12.8. The van der Waals surface area contributed by atoms with Gasteiger partial charge in [-0.15, -0.1) is 0 Å². The van der Waals surface area contributed by atoms with E-state index < -0.39 is 0 Å². The summed E-state index contributed by atoms with van der Waals surface area (Å²) in [6, 6.07) is 5.16. The third kappa shape index (κ3) is 4.74. The van der Waals surface area contributed by atoms with E-state index in [1.807, 2.05) is 13.0 Å². The first-order valence-electron chi connectivity index (χ1n) is 5.78. The van der Waals surface area contributed by atoms with E-state index in [-0.39, 0.29) is 18.0 Å². The predicted octanol–water partition coefficient (Wildman–Crippen LogP) is 3.14. The molecule has 0 aromatic heterocycles. The molecule has 0 saturated carbocycles. The van der Waals surface area contributed by atoms with E-state index >= 15 is 0 Å². The highest BCUT2D eigenvalue weighted by Gasteiger charge is 2.16. The van der Waals surface area contributed by atoms with Crippen molar-refractivity contribution in [3.63, 3.8) is 0 Å². The second-order valence-corrected chi connectivity index (χ2v) is 5.00. The summed E-state index contributed by atoms with van der Waals surface area (Å²) in [4.78, 5) is 0. The van der Waals surface area contributed by atoms with Gasteiger partial charge in [-0.25, -0.2) is 4.39 Å². The average Bonchev–Trinajstić information content (AvgIpc) is 2.26. The molecule has 0 aliphatic carbocycles. The molecule has 0 spiro atoms. The Labute approximate surface area is 111 Å². The zero-order valence-electron chi connectivity index (χ0n) is 10.5. The molecule has 96 valence electrons. The SMILES string of the molecule is CCNC(Cc1cc(F)cc(Br)c1)C(C)OC. The van der Waals surface area contributed by atoms with Crippen LogP contribution < -0.4 is 5.32 Å². The number of nitrogens with one attached hydrogen (secondary N) is 1. The normalized spacial score (nSPS) is 14.6. The molecule has 0 radical (unpaired) electrons. The van der Waals surface area contributed by atoms with E-state index in [2.05, 4.69) is 28.2 Å². The number of hydrogen-bond donors (Lipinski definition) is 1. The fourth-order valence-corrected chi connectivity index (χ4v) is 2.33. The predicted molar refractivity (Wildman–Crippen MR) is 71.7 cm³/mol. The van der Waals surface area contributed by atoms with Gasteiger partial charge in [0.25, 0.3) is 0 Å². The summed E-state index contributed by atoms with van der Waals surface area (Å²) >= 11 is 3.30. The lowest BCUT2D eigenvalue weighted by atomic mass is 10.0. The summed E-state index contributed by atoms with van der Waals surface area (Å²) in [5.41, 5.74) is 0.965. The van der Waals surface area contributed by atoms with Gasteiger partial charge in [-0.05, 0) is 43.7 Å². The molecule has 2 unspecified atom stereocenters. The minimum atomic E-state index is -0.213. The van der Waals surface area contributed by atoms with Gasteiger partial charge in [0, 0.05) is 17.6 Å². The topological polar surface area (TPSA) is 21.3 Å². The first-order valence-corrected chi connectivity index (χ1v) is 6.57. The molecule has 0 heterocycles. The summed E-state index contributed by atoms with van der Waals surface area (Å²) in [5.74, 6) is -0.213. The lowest BCUT2D eigenvalue weighted by Gasteiger charge is -2.23. The number of likely N-dealkylation sites (N-methyl/N-ethyl adjacent to an activating group) is 1. The standard InChI is InChI=1S/C13H19BrFNO/c1-4-16-13(9(2)17-3)7-10-5-11(14)8-12(15)6-10/h5-6,8-9,13,16H,4,7H2,1-3H3. The fourth-order valence-electron chi connectivity index (χ4n) is 1.81. The molecule has 1 rings (SSSR count). The highest BCUT2D eigenvalue weighted by molar-refractivity contribution is 9.10. The number of halogens is 2. The molecular weight excluding hydrogens is 285 g/mol. The van der Waals surface area contributed by atoms with E-state index in [1.165, 1.54) is 6.07 Å². The molecule has 17 heavy (non-hydrogen) atoms. The van der Waals surface area contributed by atoms with E-state index in [4.69, 9.17) is 4.74 Å². The van der Waals surface area contributed by atoms with E-state index in [9.17, 15) is 4.39 Å². The van der Waals surface area contributed by atoms with Gasteiger partial charge in [-0.2, -0.15) is 0 Å². The Morgan fingerprint density at radius 3 is 2.65 bits per heavy atom. The van der Waals surface area contributed by atoms with Gasteiger partial charge in [0.05, 0.1) is 6.10 Å². The van der Waals surface area contributed by atoms with Crippen LogP contribution in [0.25, 0.3) is 0 Å². The second kappa shape index (κ2) is 7.09. The molecule has 1 aromatic rings. The Kier molecular flexibility index (Phi) is 6.09. The third-order valence-electron chi connectivity index (χ3n) is 2.78. The van der Waals surface area contributed by atoms with Crippen molar-refractivity contribution < 1.29 is 9.13 Å². The largest absolute Gasteiger partial charge is 0.380 e. The van der Waals surface area contributed by atoms with Gasteiger partial charge in [0.1, 0.15) is 5.82 Å². The third-order valence-corrected chi connectivity index (χ3v) is 3.24. The van der Waals surface area contributed by atoms with Crippen molar-refractivity contribution in [2.24, 2.45) is 0 Å². The van der Waals surface area contributed by atoms with Crippen LogP contribution in [0.2, 0.25) is 0 Å². The van der Waals surface area contributed by atoms with Crippen molar-refractivity contribution >= 4 is 15.9 Å². The molecule has 1 aromatic carbocycles. The monoisotopic (exact) mass is 303 g/mol. The first-order chi connectivity index (χ1) is 8.06. The van der Waals surface area contributed by atoms with Crippen LogP contribution in [0.3, 0.4) is 0 Å². The maximum Gasteiger partial charge on any atom is 0.124 e. The van der Waals surface area contributed by atoms with Crippen LogP contribution in [0.1, 0.15) is 19.4 Å². The molecule has 4 heteroatoms. The second-order valence-electron chi connectivity index (χ2n) is 4.09. The van der Waals surface area contributed by atoms with Gasteiger partial charge in [0.15, 0.2) is 0 Å². The summed E-state index contributed by atoms with van der Waals surface area (Å²) in [7, 11) is 1.69. The number of methoxy groups -OCH3 is 1. The highest BCUT2D eigenvalue weighted by Crippen LogP contribution is 2.17. The van der Waals surface area contributed by atoms with Crippen LogP contribution >= 0.6 is 15.9 Å². The fraction of sp³-hybridized carbons (Fsp3) is 0.538. The van der Waals surface area contributed by atoms with Gasteiger partial charge < -0.3 is 10.1 Å². The Morgan fingerprint density at radius 2 is 2.12 bits per heavy atom. The van der Waals surface area contributed by atoms with E-state index in [0.717, 1.165) is 23.0 Å². The lowest BCUT2D eigenvalue weighted by molar-refractivity contribution is 0.0836. The van der Waals surface area contributed by atoms with Crippen molar-refractivity contribution in [2.45, 2.75) is 32.4 Å². The Balaban J connectivity index is 2.77. The summed E-state index contributed by atoms with van der Waals surface area (Å²) in [6.07, 6.45) is 0.844. The molecule has 1 N–H and O–H groups in total. The van der Waals surface area contributed by atoms with Crippen LogP contribution in [0.5, 0.6) is 0 Å². The summed E-state index contributed by atoms with van der Waals surface area (Å²) in [5, 5.41) is 3.36. The minimum Gasteiger partial charge on any atom is -0.380 e. The van der Waals surface area contributed by atoms with Gasteiger partial charge >= 0.3 is 0 Å². The number of ether oxygens (including phenoxy) is 1. The molecule has 0 fully saturated rings. The minimum absolute atomic E-state index is 0.0944. The molecule has 2 atom stereocenters. The molecule has 0 bridgehead atoms. The Hall–Kier alpha value is -0.450. The summed E-state index contributed by atoms with van der Waals surface area (Å²) in [6.45, 7) is 4.94. The Bertz CT molecular complexity index is 339. The smallest absolute Gasteiger partial charge is 0.124 e. The van der Waals surface area contributed by atoms with E-state index in [0.29, 0.717) is 0 Å². The summed E-state index contributed by atoms with van der Waals surface area (Å²) < 4.78 is 19.4. The van der Waals surface area contributed by atoms with Gasteiger partial charge in [-0.1, -0.05) is 22.9 Å². The van der Waals surface area contributed by atoms with Crippen LogP contribution in [0.15, 0.2) is 22.7 Å². The van der Waals surface area contributed by atoms with Crippen molar-refractivity contribution in [2.75, 3.05) is 13.7 Å². The van der Waals surface area contributed by atoms with Crippen LogP contribution in [-0.4, -0.2) is 25.8 Å². The molecule has 0 aliphatic rings. The molecular formula is C13H19BrFNO. The molecule has 2 nitrogen and oxygen atoms in total.